The number of nitrogens with one attached hydrogen (secondary N) is 2. The minimum atomic E-state index is -1.34. The van der Waals surface area contributed by atoms with Crippen molar-refractivity contribution in [1.29, 1.82) is 0 Å². The maximum absolute atomic E-state index is 13.7. The summed E-state index contributed by atoms with van der Waals surface area (Å²) in [6.45, 7) is 10.00. The zero-order chi connectivity index (χ0) is 23.7. The average Bonchev–Trinajstić information content (AvgIpc) is 3.18. The number of nitrogens with zero attached hydrogens (tertiary/aromatic N) is 2. The van der Waals surface area contributed by atoms with E-state index in [4.69, 9.17) is 0 Å². The van der Waals surface area contributed by atoms with Gasteiger partial charge in [-0.25, -0.2) is 14.1 Å². The summed E-state index contributed by atoms with van der Waals surface area (Å²) in [7, 11) is 0. The molecule has 1 aromatic carbocycles. The number of carbonyl (C=O) groups excluding carboxylic acids is 2. The Bertz CT molecular complexity index is 1120. The van der Waals surface area contributed by atoms with Crippen LogP contribution < -0.4 is 5.32 Å². The predicted molar refractivity (Wildman–Crippen MR) is 120 cm³/mol. The third kappa shape index (κ3) is 4.03. The van der Waals surface area contributed by atoms with Crippen molar-refractivity contribution in [2.75, 3.05) is 18.4 Å². The van der Waals surface area contributed by atoms with E-state index in [1.54, 1.807) is 26.8 Å². The van der Waals surface area contributed by atoms with Gasteiger partial charge in [0.1, 0.15) is 5.82 Å². The minimum Gasteiger partial charge on any atom is -0.465 e. The van der Waals surface area contributed by atoms with Crippen molar-refractivity contribution in [3.63, 3.8) is 0 Å². The van der Waals surface area contributed by atoms with Crippen LogP contribution in [0.3, 0.4) is 0 Å². The number of aromatic amines is 1. The number of fused-ring (bicyclic) bond motifs is 1. The van der Waals surface area contributed by atoms with Gasteiger partial charge in [-0.05, 0) is 63.7 Å². The number of aromatic nitrogens is 1. The third-order valence-corrected chi connectivity index (χ3v) is 5.88. The lowest BCUT2D eigenvalue weighted by atomic mass is 10.0. The van der Waals surface area contributed by atoms with E-state index in [0.29, 0.717) is 41.3 Å². The van der Waals surface area contributed by atoms with Crippen LogP contribution in [0.1, 0.15) is 53.6 Å². The van der Waals surface area contributed by atoms with E-state index in [-0.39, 0.29) is 17.0 Å². The van der Waals surface area contributed by atoms with Gasteiger partial charge in [-0.1, -0.05) is 13.8 Å². The van der Waals surface area contributed by atoms with Crippen molar-refractivity contribution in [2.45, 2.75) is 40.8 Å². The molecule has 0 fully saturated rings. The summed E-state index contributed by atoms with van der Waals surface area (Å²) >= 11 is 0. The van der Waals surface area contributed by atoms with Crippen molar-refractivity contribution in [2.24, 2.45) is 0 Å². The molecule has 8 nitrogen and oxygen atoms in total. The summed E-state index contributed by atoms with van der Waals surface area (Å²) in [5, 5.41) is 12.5. The molecule has 9 heteroatoms. The zero-order valence-electron chi connectivity index (χ0n) is 18.7. The molecule has 0 bridgehead atoms. The largest absolute Gasteiger partial charge is 0.465 e. The number of imide groups is 1. The van der Waals surface area contributed by atoms with Gasteiger partial charge in [0.25, 0.3) is 11.8 Å². The number of amides is 3. The highest BCUT2D eigenvalue weighted by Crippen LogP contribution is 2.34. The maximum atomic E-state index is 13.7. The van der Waals surface area contributed by atoms with E-state index >= 15 is 0 Å². The van der Waals surface area contributed by atoms with Crippen LogP contribution in [0.15, 0.2) is 18.2 Å². The van der Waals surface area contributed by atoms with Gasteiger partial charge in [-0.2, -0.15) is 0 Å². The topological polar surface area (TPSA) is 106 Å². The zero-order valence-corrected chi connectivity index (χ0v) is 18.7. The first-order chi connectivity index (χ1) is 15.1. The molecule has 2 heterocycles. The van der Waals surface area contributed by atoms with Crippen LogP contribution in [-0.4, -0.2) is 57.1 Å². The molecule has 1 unspecified atom stereocenters. The quantitative estimate of drug-likeness (QED) is 0.462. The molecule has 0 radical (unpaired) electrons. The molecule has 2 aromatic rings. The first-order valence-corrected chi connectivity index (χ1v) is 10.4. The van der Waals surface area contributed by atoms with Gasteiger partial charge >= 0.3 is 6.09 Å². The van der Waals surface area contributed by atoms with Gasteiger partial charge in [0.15, 0.2) is 0 Å². The van der Waals surface area contributed by atoms with Crippen LogP contribution >= 0.6 is 0 Å². The number of rotatable bonds is 6. The van der Waals surface area contributed by atoms with Crippen LogP contribution in [0.5, 0.6) is 0 Å². The van der Waals surface area contributed by atoms with E-state index in [2.05, 4.69) is 10.3 Å². The number of hydrogen-bond acceptors (Lipinski definition) is 4. The SMILES string of the molecule is CCN(CC)C(C)N(C(=O)O)C(=O)c1c(C)[nH]c(C=C2C(=O)Nc3ccc(F)cc32)c1C. The smallest absolute Gasteiger partial charge is 0.415 e. The Morgan fingerprint density at radius 3 is 2.47 bits per heavy atom. The fraction of sp³-hybridized carbons (Fsp3) is 0.348. The molecule has 0 saturated carbocycles. The third-order valence-electron chi connectivity index (χ3n) is 5.88. The highest BCUT2D eigenvalue weighted by Gasteiger charge is 2.33. The summed E-state index contributed by atoms with van der Waals surface area (Å²) in [4.78, 5) is 43.5. The number of carbonyl (C=O) groups is 3. The lowest BCUT2D eigenvalue weighted by Crippen LogP contribution is -2.51. The number of anilines is 1. The number of halogens is 1. The fourth-order valence-electron chi connectivity index (χ4n) is 4.14. The van der Waals surface area contributed by atoms with Gasteiger partial charge in [0.2, 0.25) is 0 Å². The normalized spacial score (nSPS) is 15.1. The number of hydrogen-bond donors (Lipinski definition) is 3. The molecule has 1 aliphatic rings. The van der Waals surface area contributed by atoms with Gasteiger partial charge in [-0.15, -0.1) is 0 Å². The second kappa shape index (κ2) is 8.96. The van der Waals surface area contributed by atoms with Crippen molar-refractivity contribution in [1.82, 2.24) is 14.8 Å². The molecular formula is C23H27FN4O4. The average molecular weight is 442 g/mol. The Labute approximate surface area is 185 Å². The molecule has 0 spiro atoms. The van der Waals surface area contributed by atoms with E-state index in [0.717, 1.165) is 4.90 Å². The number of aryl methyl sites for hydroxylation is 1. The summed E-state index contributed by atoms with van der Waals surface area (Å²) in [6.07, 6.45) is -0.437. The van der Waals surface area contributed by atoms with E-state index < -0.39 is 24.0 Å². The van der Waals surface area contributed by atoms with Crippen LogP contribution in [0.4, 0.5) is 14.9 Å². The van der Waals surface area contributed by atoms with E-state index in [9.17, 15) is 23.9 Å². The Morgan fingerprint density at radius 2 is 1.88 bits per heavy atom. The van der Waals surface area contributed by atoms with E-state index in [1.807, 2.05) is 18.7 Å². The molecule has 170 valence electrons. The number of benzene rings is 1. The fourth-order valence-corrected chi connectivity index (χ4v) is 4.14. The van der Waals surface area contributed by atoms with Crippen LogP contribution in [0, 0.1) is 19.7 Å². The molecular weight excluding hydrogens is 415 g/mol. The predicted octanol–water partition coefficient (Wildman–Crippen LogP) is 4.07. The lowest BCUT2D eigenvalue weighted by Gasteiger charge is -2.33. The number of H-pyrrole nitrogens is 1. The van der Waals surface area contributed by atoms with Crippen LogP contribution in [0.2, 0.25) is 0 Å². The highest BCUT2D eigenvalue weighted by atomic mass is 19.1. The molecule has 3 amide bonds. The molecule has 3 N–H and O–H groups in total. The standard InChI is InChI=1S/C23H27FN4O4/c1-6-27(7-2)14(5)28(23(31)32)22(30)20-12(3)19(25-13(20)4)11-17-16-10-15(24)8-9-18(16)26-21(17)29/h8-11,14,25H,6-7H2,1-5H3,(H,26,29)(H,31,32). The minimum absolute atomic E-state index is 0.233. The second-order valence-electron chi connectivity index (χ2n) is 7.68. The maximum Gasteiger partial charge on any atom is 0.415 e. The molecule has 1 aromatic heterocycles. The van der Waals surface area contributed by atoms with Crippen LogP contribution in [0.25, 0.3) is 11.6 Å². The molecule has 1 aliphatic heterocycles. The Kier molecular flexibility index (Phi) is 6.50. The lowest BCUT2D eigenvalue weighted by molar-refractivity contribution is -0.110. The summed E-state index contributed by atoms with van der Waals surface area (Å²) in [5.41, 5.74) is 2.90. The molecule has 0 aliphatic carbocycles. The van der Waals surface area contributed by atoms with Crippen molar-refractivity contribution >= 4 is 35.2 Å². The molecule has 32 heavy (non-hydrogen) atoms. The first kappa shape index (κ1) is 23.2. The molecule has 0 saturated heterocycles. The Hall–Kier alpha value is -3.46. The summed E-state index contributed by atoms with van der Waals surface area (Å²) < 4.78 is 13.7. The Morgan fingerprint density at radius 1 is 1.22 bits per heavy atom. The van der Waals surface area contributed by atoms with Gasteiger partial charge in [0.05, 0.1) is 17.3 Å². The van der Waals surface area contributed by atoms with Crippen molar-refractivity contribution in [3.05, 3.63) is 52.1 Å². The molecule has 1 atom stereocenters. The van der Waals surface area contributed by atoms with Gasteiger partial charge in [-0.3, -0.25) is 14.5 Å². The summed E-state index contributed by atoms with van der Waals surface area (Å²) in [5.74, 6) is -1.49. The highest BCUT2D eigenvalue weighted by molar-refractivity contribution is 6.35. The Balaban J connectivity index is 2.04. The second-order valence-corrected chi connectivity index (χ2v) is 7.68. The van der Waals surface area contributed by atoms with Gasteiger partial charge in [0, 0.05) is 22.6 Å². The van der Waals surface area contributed by atoms with Gasteiger partial charge < -0.3 is 15.4 Å². The van der Waals surface area contributed by atoms with Crippen molar-refractivity contribution < 1.29 is 23.9 Å². The van der Waals surface area contributed by atoms with Crippen molar-refractivity contribution in [3.8, 4) is 0 Å². The van der Waals surface area contributed by atoms with Crippen LogP contribution in [-0.2, 0) is 4.79 Å². The number of carboxylic acid groups (broad SMARTS) is 1. The summed E-state index contributed by atoms with van der Waals surface area (Å²) in [6, 6.07) is 4.03. The monoisotopic (exact) mass is 442 g/mol. The molecule has 3 rings (SSSR count). The van der Waals surface area contributed by atoms with E-state index in [1.165, 1.54) is 18.2 Å². The first-order valence-electron chi connectivity index (χ1n) is 10.4.